The zero-order chi connectivity index (χ0) is 23.5. The number of primary amides is 1. The number of hydrogen-bond donors (Lipinski definition) is 3. The van der Waals surface area contributed by atoms with Crippen molar-refractivity contribution >= 4 is 23.5 Å². The normalized spacial score (nSPS) is 14.9. The van der Waals surface area contributed by atoms with Crippen LogP contribution in [0.4, 0.5) is 23.7 Å². The maximum atomic E-state index is 13.2. The van der Waals surface area contributed by atoms with Gasteiger partial charge in [-0.05, 0) is 48.7 Å². The fraction of sp³-hybridized carbons (Fsp3) is 0.318. The van der Waals surface area contributed by atoms with Gasteiger partial charge in [0.1, 0.15) is 0 Å². The third kappa shape index (κ3) is 5.57. The molecule has 0 saturated carbocycles. The maximum absolute atomic E-state index is 13.2. The van der Waals surface area contributed by atoms with Crippen molar-refractivity contribution in [1.29, 1.82) is 0 Å². The van der Waals surface area contributed by atoms with Crippen molar-refractivity contribution in [2.45, 2.75) is 32.0 Å². The van der Waals surface area contributed by atoms with Gasteiger partial charge in [-0.15, -0.1) is 0 Å². The molecule has 4 N–H and O–H groups in total. The van der Waals surface area contributed by atoms with E-state index in [-0.39, 0.29) is 23.6 Å². The second kappa shape index (κ2) is 9.29. The molecule has 7 nitrogen and oxygen atoms in total. The second-order valence-corrected chi connectivity index (χ2v) is 7.61. The summed E-state index contributed by atoms with van der Waals surface area (Å²) in [5, 5.41) is 5.21. The molecule has 0 aliphatic carbocycles. The highest BCUT2D eigenvalue weighted by Gasteiger charge is 2.32. The van der Waals surface area contributed by atoms with Crippen LogP contribution in [0.5, 0.6) is 0 Å². The quantitative estimate of drug-likeness (QED) is 0.629. The summed E-state index contributed by atoms with van der Waals surface area (Å²) >= 11 is 0. The number of nitrogens with one attached hydrogen (secondary N) is 2. The number of anilines is 1. The van der Waals surface area contributed by atoms with Gasteiger partial charge in [0.05, 0.1) is 11.6 Å². The van der Waals surface area contributed by atoms with Crippen LogP contribution in [-0.2, 0) is 11.0 Å². The van der Waals surface area contributed by atoms with Crippen molar-refractivity contribution in [3.8, 4) is 0 Å². The zero-order valence-corrected chi connectivity index (χ0v) is 17.3. The van der Waals surface area contributed by atoms with Crippen LogP contribution >= 0.6 is 0 Å². The lowest BCUT2D eigenvalue weighted by atomic mass is 10.0. The second-order valence-electron chi connectivity index (χ2n) is 7.61. The van der Waals surface area contributed by atoms with Gasteiger partial charge in [-0.3, -0.25) is 9.59 Å². The molecule has 1 aliphatic heterocycles. The fourth-order valence-electron chi connectivity index (χ4n) is 3.57. The van der Waals surface area contributed by atoms with E-state index in [1.54, 1.807) is 19.1 Å². The smallest absolute Gasteiger partial charge is 0.366 e. The van der Waals surface area contributed by atoms with Crippen LogP contribution in [0.25, 0.3) is 0 Å². The Morgan fingerprint density at radius 1 is 1.19 bits per heavy atom. The molecule has 3 rings (SSSR count). The molecule has 0 aromatic heterocycles. The SMILES string of the molecule is Cc1ccc(NC(=O)NC(CN2CCCC2=O)c2cccc(C(F)(F)F)c2)cc1C(N)=O. The monoisotopic (exact) mass is 448 g/mol. The number of nitrogens with zero attached hydrogens (tertiary/aromatic N) is 1. The number of halogens is 3. The van der Waals surface area contributed by atoms with E-state index in [2.05, 4.69) is 10.6 Å². The number of aryl methyl sites for hydroxylation is 1. The molecule has 1 aliphatic rings. The van der Waals surface area contributed by atoms with Crippen molar-refractivity contribution in [3.63, 3.8) is 0 Å². The van der Waals surface area contributed by atoms with Crippen molar-refractivity contribution in [3.05, 3.63) is 64.7 Å². The fourth-order valence-corrected chi connectivity index (χ4v) is 3.57. The molecule has 170 valence electrons. The van der Waals surface area contributed by atoms with Gasteiger partial charge in [0, 0.05) is 30.8 Å². The van der Waals surface area contributed by atoms with Gasteiger partial charge in [0.25, 0.3) is 0 Å². The Bertz CT molecular complexity index is 1040. The van der Waals surface area contributed by atoms with Crippen LogP contribution < -0.4 is 16.4 Å². The number of urea groups is 1. The molecule has 0 spiro atoms. The molecule has 1 heterocycles. The third-order valence-corrected chi connectivity index (χ3v) is 5.26. The summed E-state index contributed by atoms with van der Waals surface area (Å²) in [6, 6.07) is 7.67. The number of likely N-dealkylation sites (tertiary alicyclic amines) is 1. The van der Waals surface area contributed by atoms with E-state index in [1.165, 1.54) is 23.1 Å². The third-order valence-electron chi connectivity index (χ3n) is 5.26. The van der Waals surface area contributed by atoms with Crippen molar-refractivity contribution in [1.82, 2.24) is 10.2 Å². The van der Waals surface area contributed by atoms with Crippen LogP contribution in [0, 0.1) is 6.92 Å². The Kier molecular flexibility index (Phi) is 6.71. The minimum Gasteiger partial charge on any atom is -0.366 e. The zero-order valence-electron chi connectivity index (χ0n) is 17.3. The molecule has 0 bridgehead atoms. The summed E-state index contributed by atoms with van der Waals surface area (Å²) in [5.74, 6) is -0.769. The van der Waals surface area contributed by atoms with Crippen molar-refractivity contribution in [2.24, 2.45) is 5.73 Å². The van der Waals surface area contributed by atoms with Gasteiger partial charge < -0.3 is 21.3 Å². The predicted octanol–water partition coefficient (Wildman–Crippen LogP) is 3.60. The lowest BCUT2D eigenvalue weighted by Gasteiger charge is -2.26. The lowest BCUT2D eigenvalue weighted by Crippen LogP contribution is -2.40. The van der Waals surface area contributed by atoms with Crippen LogP contribution in [0.1, 0.15) is 45.9 Å². The highest BCUT2D eigenvalue weighted by Crippen LogP contribution is 2.31. The summed E-state index contributed by atoms with van der Waals surface area (Å²) in [7, 11) is 0. The summed E-state index contributed by atoms with van der Waals surface area (Å²) in [4.78, 5) is 37.7. The average molecular weight is 448 g/mol. The first-order valence-electron chi connectivity index (χ1n) is 9.97. The van der Waals surface area contributed by atoms with Crippen molar-refractivity contribution in [2.75, 3.05) is 18.4 Å². The summed E-state index contributed by atoms with van der Waals surface area (Å²) in [6.45, 7) is 2.20. The molecule has 4 amide bonds. The lowest BCUT2D eigenvalue weighted by molar-refractivity contribution is -0.137. The molecular weight excluding hydrogens is 425 g/mol. The largest absolute Gasteiger partial charge is 0.416 e. The van der Waals surface area contributed by atoms with Crippen LogP contribution in [0.15, 0.2) is 42.5 Å². The van der Waals surface area contributed by atoms with E-state index in [0.717, 1.165) is 12.1 Å². The molecular formula is C22H23F3N4O3. The number of nitrogens with two attached hydrogens (primary N) is 1. The average Bonchev–Trinajstić information content (AvgIpc) is 3.12. The van der Waals surface area contributed by atoms with Gasteiger partial charge in [-0.25, -0.2) is 4.79 Å². The number of hydrogen-bond acceptors (Lipinski definition) is 3. The highest BCUT2D eigenvalue weighted by atomic mass is 19.4. The summed E-state index contributed by atoms with van der Waals surface area (Å²) in [5.41, 5.74) is 5.87. The number of carbonyl (C=O) groups is 3. The first kappa shape index (κ1) is 23.1. The Morgan fingerprint density at radius 2 is 1.94 bits per heavy atom. The Balaban J connectivity index is 1.82. The van der Waals surface area contributed by atoms with E-state index in [0.29, 0.717) is 30.6 Å². The number of carbonyl (C=O) groups excluding carboxylic acids is 3. The Morgan fingerprint density at radius 3 is 2.56 bits per heavy atom. The molecule has 32 heavy (non-hydrogen) atoms. The highest BCUT2D eigenvalue weighted by molar-refractivity contribution is 5.97. The van der Waals surface area contributed by atoms with Crippen LogP contribution in [0.3, 0.4) is 0 Å². The number of rotatable bonds is 6. The van der Waals surface area contributed by atoms with E-state index < -0.39 is 29.7 Å². The van der Waals surface area contributed by atoms with Gasteiger partial charge in [-0.2, -0.15) is 13.2 Å². The molecule has 1 atom stereocenters. The van der Waals surface area contributed by atoms with E-state index in [9.17, 15) is 27.6 Å². The van der Waals surface area contributed by atoms with E-state index in [1.807, 2.05) is 0 Å². The standard InChI is InChI=1S/C22H23F3N4O3/c1-13-7-8-16(11-17(13)20(26)31)27-21(32)28-18(12-29-9-3-6-19(29)30)14-4-2-5-15(10-14)22(23,24)25/h2,4-5,7-8,10-11,18H,3,6,9,12H2,1H3,(H2,26,31)(H2,27,28,32). The molecule has 2 aromatic carbocycles. The first-order chi connectivity index (χ1) is 15.0. The minimum atomic E-state index is -4.54. The van der Waals surface area contributed by atoms with Crippen LogP contribution in [-0.4, -0.2) is 35.8 Å². The molecule has 2 aromatic rings. The Labute approximate surface area is 182 Å². The van der Waals surface area contributed by atoms with Crippen LogP contribution in [0.2, 0.25) is 0 Å². The van der Waals surface area contributed by atoms with Gasteiger partial charge in [-0.1, -0.05) is 18.2 Å². The predicted molar refractivity (Wildman–Crippen MR) is 112 cm³/mol. The summed E-state index contributed by atoms with van der Waals surface area (Å²) < 4.78 is 39.5. The van der Waals surface area contributed by atoms with Gasteiger partial charge in [0.15, 0.2) is 0 Å². The molecule has 1 unspecified atom stereocenters. The van der Waals surface area contributed by atoms with Gasteiger partial charge >= 0.3 is 12.2 Å². The molecule has 10 heteroatoms. The van der Waals surface area contributed by atoms with Gasteiger partial charge in [0.2, 0.25) is 11.8 Å². The Hall–Kier alpha value is -3.56. The molecule has 1 fully saturated rings. The summed E-state index contributed by atoms with van der Waals surface area (Å²) in [6.07, 6.45) is -3.53. The first-order valence-corrected chi connectivity index (χ1v) is 9.97. The number of alkyl halides is 3. The van der Waals surface area contributed by atoms with Crippen molar-refractivity contribution < 1.29 is 27.6 Å². The minimum absolute atomic E-state index is 0.0357. The number of amides is 4. The molecule has 1 saturated heterocycles. The number of benzene rings is 2. The maximum Gasteiger partial charge on any atom is 0.416 e. The van der Waals surface area contributed by atoms with E-state index in [4.69, 9.17) is 5.73 Å². The van der Waals surface area contributed by atoms with E-state index >= 15 is 0 Å². The topological polar surface area (TPSA) is 105 Å². The molecule has 0 radical (unpaired) electrons.